The average Bonchev–Trinajstić information content (AvgIpc) is 3.32. The number of benzene rings is 6. The highest BCUT2D eigenvalue weighted by Crippen LogP contribution is 2.39. The maximum Gasteiger partial charge on any atom is 0.0973 e. The molecule has 0 saturated carbocycles. The molecule has 37 heavy (non-hydrogen) atoms. The van der Waals surface area contributed by atoms with E-state index >= 15 is 0 Å². The minimum absolute atomic E-state index is 0.909. The second kappa shape index (κ2) is 7.95. The zero-order valence-electron chi connectivity index (χ0n) is 19.8. The highest BCUT2D eigenvalue weighted by molar-refractivity contribution is 7.25. The van der Waals surface area contributed by atoms with Crippen LogP contribution < -0.4 is 0 Å². The van der Waals surface area contributed by atoms with Crippen LogP contribution in [0.4, 0.5) is 0 Å². The van der Waals surface area contributed by atoms with Crippen LogP contribution in [-0.2, 0) is 0 Å². The first kappa shape index (κ1) is 20.6. The molecule has 0 aliphatic heterocycles. The molecule has 3 heteroatoms. The van der Waals surface area contributed by atoms with E-state index in [4.69, 9.17) is 9.97 Å². The number of thiophene rings is 1. The first-order chi connectivity index (χ1) is 18.3. The monoisotopic (exact) mass is 488 g/mol. The predicted octanol–water partition coefficient (Wildman–Crippen LogP) is 9.64. The highest BCUT2D eigenvalue weighted by atomic mass is 32.1. The summed E-state index contributed by atoms with van der Waals surface area (Å²) in [6.45, 7) is 0. The number of hydrogen-bond donors (Lipinski definition) is 0. The van der Waals surface area contributed by atoms with Crippen molar-refractivity contribution in [2.75, 3.05) is 0 Å². The Morgan fingerprint density at radius 3 is 2.11 bits per heavy atom. The molecule has 172 valence electrons. The molecule has 0 aliphatic carbocycles. The first-order valence-corrected chi connectivity index (χ1v) is 13.2. The Labute approximate surface area is 217 Å². The van der Waals surface area contributed by atoms with Gasteiger partial charge in [-0.3, -0.25) is 0 Å². The third-order valence-corrected chi connectivity index (χ3v) is 8.35. The minimum Gasteiger partial charge on any atom is -0.244 e. The predicted molar refractivity (Wildman–Crippen MR) is 158 cm³/mol. The van der Waals surface area contributed by atoms with E-state index < -0.39 is 0 Å². The van der Waals surface area contributed by atoms with Crippen molar-refractivity contribution in [2.45, 2.75) is 0 Å². The summed E-state index contributed by atoms with van der Waals surface area (Å²) < 4.78 is 2.64. The third-order valence-electron chi connectivity index (χ3n) is 7.22. The maximum absolute atomic E-state index is 5.25. The zero-order valence-corrected chi connectivity index (χ0v) is 20.7. The summed E-state index contributed by atoms with van der Waals surface area (Å²) in [5.41, 5.74) is 5.82. The normalized spacial score (nSPS) is 11.8. The molecule has 0 fully saturated rings. The van der Waals surface area contributed by atoms with Crippen molar-refractivity contribution in [1.29, 1.82) is 0 Å². The summed E-state index contributed by atoms with van der Waals surface area (Å²) in [5, 5.41) is 7.41. The van der Waals surface area contributed by atoms with Gasteiger partial charge in [0.15, 0.2) is 0 Å². The van der Waals surface area contributed by atoms with Gasteiger partial charge in [-0.2, -0.15) is 0 Å². The molecule has 2 nitrogen and oxygen atoms in total. The van der Waals surface area contributed by atoms with Crippen LogP contribution in [0.25, 0.3) is 75.3 Å². The van der Waals surface area contributed by atoms with E-state index in [9.17, 15) is 0 Å². The summed E-state index contributed by atoms with van der Waals surface area (Å²) in [6.07, 6.45) is 0. The van der Waals surface area contributed by atoms with Crippen LogP contribution in [0.15, 0.2) is 121 Å². The maximum atomic E-state index is 5.25. The topological polar surface area (TPSA) is 25.8 Å². The van der Waals surface area contributed by atoms with E-state index in [0.29, 0.717) is 0 Å². The molecule has 0 unspecified atom stereocenters. The number of rotatable bonds is 2. The summed E-state index contributed by atoms with van der Waals surface area (Å²) in [7, 11) is 0. The molecule has 0 N–H and O–H groups in total. The van der Waals surface area contributed by atoms with Crippen molar-refractivity contribution in [3.8, 4) is 22.5 Å². The van der Waals surface area contributed by atoms with Crippen LogP contribution in [0.1, 0.15) is 0 Å². The second-order valence-corrected chi connectivity index (χ2v) is 10.5. The average molecular weight is 489 g/mol. The van der Waals surface area contributed by atoms with Crippen LogP contribution in [0.3, 0.4) is 0 Å². The van der Waals surface area contributed by atoms with Gasteiger partial charge in [0.1, 0.15) is 0 Å². The van der Waals surface area contributed by atoms with Gasteiger partial charge in [-0.15, -0.1) is 11.3 Å². The summed E-state index contributed by atoms with van der Waals surface area (Å²) in [5.74, 6) is 0. The molecule has 0 saturated heterocycles. The van der Waals surface area contributed by atoms with Crippen LogP contribution in [0.5, 0.6) is 0 Å². The van der Waals surface area contributed by atoms with Crippen LogP contribution in [0, 0.1) is 0 Å². The van der Waals surface area contributed by atoms with Crippen LogP contribution >= 0.6 is 11.3 Å². The zero-order chi connectivity index (χ0) is 24.3. The molecular weight excluding hydrogens is 468 g/mol. The molecule has 0 amide bonds. The number of nitrogens with zero attached hydrogens (tertiary/aromatic N) is 2. The third kappa shape index (κ3) is 3.25. The number of fused-ring (bicyclic) bond motifs is 7. The molecule has 0 atom stereocenters. The molecule has 2 heterocycles. The molecule has 2 aromatic heterocycles. The van der Waals surface area contributed by atoms with Gasteiger partial charge in [-0.05, 0) is 46.5 Å². The lowest BCUT2D eigenvalue weighted by atomic mass is 9.99. The van der Waals surface area contributed by atoms with E-state index in [2.05, 4.69) is 115 Å². The van der Waals surface area contributed by atoms with Crippen molar-refractivity contribution in [2.24, 2.45) is 0 Å². The van der Waals surface area contributed by atoms with Crippen molar-refractivity contribution in [3.05, 3.63) is 121 Å². The molecule has 0 aliphatic rings. The fourth-order valence-electron chi connectivity index (χ4n) is 5.40. The number of hydrogen-bond acceptors (Lipinski definition) is 3. The molecular formula is C34H20N2S. The smallest absolute Gasteiger partial charge is 0.0973 e. The van der Waals surface area contributed by atoms with Gasteiger partial charge >= 0.3 is 0 Å². The molecule has 0 radical (unpaired) electrons. The van der Waals surface area contributed by atoms with Crippen molar-refractivity contribution in [1.82, 2.24) is 9.97 Å². The van der Waals surface area contributed by atoms with Crippen molar-refractivity contribution >= 4 is 64.1 Å². The van der Waals surface area contributed by atoms with E-state index in [1.54, 1.807) is 0 Å². The fourth-order valence-corrected chi connectivity index (χ4v) is 6.54. The van der Waals surface area contributed by atoms with Gasteiger partial charge in [-0.25, -0.2) is 9.97 Å². The Bertz CT molecular complexity index is 2140. The Hall–Kier alpha value is -4.60. The molecule has 8 aromatic rings. The fraction of sp³-hybridized carbons (Fsp3) is 0. The van der Waals surface area contributed by atoms with Gasteiger partial charge in [0.2, 0.25) is 0 Å². The summed E-state index contributed by atoms with van der Waals surface area (Å²) in [6, 6.07) is 43.0. The minimum atomic E-state index is 0.909. The first-order valence-electron chi connectivity index (χ1n) is 12.4. The molecule has 6 aromatic carbocycles. The lowest BCUT2D eigenvalue weighted by molar-refractivity contribution is 1.30. The Balaban J connectivity index is 1.40. The lowest BCUT2D eigenvalue weighted by Crippen LogP contribution is -1.96. The summed E-state index contributed by atoms with van der Waals surface area (Å²) in [4.78, 5) is 10.5. The van der Waals surface area contributed by atoms with E-state index in [1.165, 1.54) is 36.3 Å². The SMILES string of the molecule is c1ccc(-c2nc3c(ccc4ccccc43)nc2-c2ccc3cc4c(cc3c2)sc2ccccc24)cc1. The van der Waals surface area contributed by atoms with Crippen LogP contribution in [-0.4, -0.2) is 9.97 Å². The lowest BCUT2D eigenvalue weighted by Gasteiger charge is -2.13. The largest absolute Gasteiger partial charge is 0.244 e. The number of aromatic nitrogens is 2. The second-order valence-electron chi connectivity index (χ2n) is 9.45. The van der Waals surface area contributed by atoms with E-state index in [-0.39, 0.29) is 0 Å². The Morgan fingerprint density at radius 1 is 0.432 bits per heavy atom. The van der Waals surface area contributed by atoms with Gasteiger partial charge in [-0.1, -0.05) is 91.0 Å². The Morgan fingerprint density at radius 2 is 1.19 bits per heavy atom. The van der Waals surface area contributed by atoms with E-state index in [0.717, 1.165) is 38.9 Å². The van der Waals surface area contributed by atoms with E-state index in [1.807, 2.05) is 17.4 Å². The van der Waals surface area contributed by atoms with Crippen molar-refractivity contribution in [3.63, 3.8) is 0 Å². The molecule has 8 rings (SSSR count). The van der Waals surface area contributed by atoms with Gasteiger partial charge in [0, 0.05) is 36.7 Å². The van der Waals surface area contributed by atoms with Crippen molar-refractivity contribution < 1.29 is 0 Å². The molecule has 0 bridgehead atoms. The Kier molecular flexibility index (Phi) is 4.42. The summed E-state index contributed by atoms with van der Waals surface area (Å²) >= 11 is 1.85. The van der Waals surface area contributed by atoms with Gasteiger partial charge in [0.05, 0.1) is 22.4 Å². The van der Waals surface area contributed by atoms with Crippen LogP contribution in [0.2, 0.25) is 0 Å². The quantitative estimate of drug-likeness (QED) is 0.226. The molecule has 0 spiro atoms. The standard InChI is InChI=1S/C34H20N2S/c1-2-9-22(10-3-1)32-33(35-29-17-16-21-8-4-5-11-26(21)34(29)36-32)24-15-14-23-19-28-27-12-6-7-13-30(27)37-31(28)20-25(23)18-24/h1-20H. The highest BCUT2D eigenvalue weighted by Gasteiger charge is 2.16. The van der Waals surface area contributed by atoms with Gasteiger partial charge in [0.25, 0.3) is 0 Å². The van der Waals surface area contributed by atoms with Gasteiger partial charge < -0.3 is 0 Å².